The average molecular weight is 394 g/mol. The molecule has 1 saturated carbocycles. The van der Waals surface area contributed by atoms with Crippen LogP contribution >= 0.6 is 11.3 Å². The first kappa shape index (κ1) is 19.1. The Morgan fingerprint density at radius 1 is 1.14 bits per heavy atom. The second kappa shape index (κ2) is 7.63. The first-order valence-electron chi connectivity index (χ1n) is 10.1. The molecular formula is C23H27N3OS. The van der Waals surface area contributed by atoms with Gasteiger partial charge in [0.15, 0.2) is 0 Å². The Labute approximate surface area is 170 Å². The molecule has 1 fully saturated rings. The molecule has 146 valence electrons. The summed E-state index contributed by atoms with van der Waals surface area (Å²) in [5.74, 6) is 0.854. The number of rotatable bonds is 5. The van der Waals surface area contributed by atoms with E-state index in [0.29, 0.717) is 6.54 Å². The molecule has 1 amide bonds. The second-order valence-electron chi connectivity index (χ2n) is 7.85. The molecule has 2 heterocycles. The number of benzene rings is 1. The topological polar surface area (TPSA) is 54.9 Å². The minimum absolute atomic E-state index is 0.0140. The molecule has 4 nitrogen and oxygen atoms in total. The minimum atomic E-state index is 0.0140. The van der Waals surface area contributed by atoms with Crippen LogP contribution in [0.3, 0.4) is 0 Å². The lowest BCUT2D eigenvalue weighted by atomic mass is 9.79. The molecule has 28 heavy (non-hydrogen) atoms. The van der Waals surface area contributed by atoms with Crippen LogP contribution in [0.15, 0.2) is 30.3 Å². The van der Waals surface area contributed by atoms with E-state index < -0.39 is 0 Å². The predicted octanol–water partition coefficient (Wildman–Crippen LogP) is 5.11. The number of aromatic nitrogens is 2. The van der Waals surface area contributed by atoms with Crippen molar-refractivity contribution in [2.45, 2.75) is 58.3 Å². The highest BCUT2D eigenvalue weighted by Gasteiger charge is 2.36. The highest BCUT2D eigenvalue weighted by atomic mass is 32.1. The maximum atomic E-state index is 13.1. The molecule has 0 spiro atoms. The number of carbonyl (C=O) groups excluding carboxylic acids is 1. The van der Waals surface area contributed by atoms with Crippen molar-refractivity contribution in [3.05, 3.63) is 57.9 Å². The zero-order valence-electron chi connectivity index (χ0n) is 16.8. The molecule has 1 N–H and O–H groups in total. The van der Waals surface area contributed by atoms with Crippen LogP contribution in [0.1, 0.15) is 64.9 Å². The zero-order valence-corrected chi connectivity index (χ0v) is 17.7. The molecule has 0 radical (unpaired) electrons. The van der Waals surface area contributed by atoms with Crippen molar-refractivity contribution in [1.82, 2.24) is 15.3 Å². The van der Waals surface area contributed by atoms with Gasteiger partial charge in [0.25, 0.3) is 5.91 Å². The van der Waals surface area contributed by atoms with Gasteiger partial charge in [-0.15, -0.1) is 11.3 Å². The predicted molar refractivity (Wildman–Crippen MR) is 115 cm³/mol. The molecule has 0 bridgehead atoms. The van der Waals surface area contributed by atoms with E-state index in [1.165, 1.54) is 29.7 Å². The summed E-state index contributed by atoms with van der Waals surface area (Å²) in [5, 5.41) is 4.29. The summed E-state index contributed by atoms with van der Waals surface area (Å²) in [6.07, 6.45) is 5.51. The number of thiophene rings is 1. The standard InChI is InChI=1S/C23H27N3OS/c1-4-18-25-16(3)19-15(2)20(28-22(19)26-18)21(27)24-14-23(12-8-9-13-23)17-10-6-5-7-11-17/h5-7,10-11H,4,8-9,12-14H2,1-3H3,(H,24,27). The van der Waals surface area contributed by atoms with Gasteiger partial charge in [-0.1, -0.05) is 50.1 Å². The molecule has 0 saturated heterocycles. The maximum absolute atomic E-state index is 13.1. The first-order chi connectivity index (χ1) is 13.5. The number of aryl methyl sites for hydroxylation is 3. The summed E-state index contributed by atoms with van der Waals surface area (Å²) in [5.41, 5.74) is 3.37. The minimum Gasteiger partial charge on any atom is -0.350 e. The number of nitrogens with one attached hydrogen (secondary N) is 1. The lowest BCUT2D eigenvalue weighted by Crippen LogP contribution is -2.38. The number of nitrogens with zero attached hydrogens (tertiary/aromatic N) is 2. The average Bonchev–Trinajstić information content (AvgIpc) is 3.32. The smallest absolute Gasteiger partial charge is 0.261 e. The zero-order chi connectivity index (χ0) is 19.7. The van der Waals surface area contributed by atoms with E-state index in [2.05, 4.69) is 52.5 Å². The maximum Gasteiger partial charge on any atom is 0.261 e. The van der Waals surface area contributed by atoms with Gasteiger partial charge >= 0.3 is 0 Å². The van der Waals surface area contributed by atoms with E-state index >= 15 is 0 Å². The van der Waals surface area contributed by atoms with Crippen molar-refractivity contribution in [1.29, 1.82) is 0 Å². The van der Waals surface area contributed by atoms with Gasteiger partial charge in [-0.2, -0.15) is 0 Å². The Morgan fingerprint density at radius 2 is 1.86 bits per heavy atom. The molecule has 1 aliphatic carbocycles. The van der Waals surface area contributed by atoms with Crippen LogP contribution in [-0.2, 0) is 11.8 Å². The van der Waals surface area contributed by atoms with E-state index in [0.717, 1.165) is 51.4 Å². The van der Waals surface area contributed by atoms with E-state index in [1.54, 1.807) is 0 Å². The molecule has 4 rings (SSSR count). The molecule has 2 aromatic heterocycles. The van der Waals surface area contributed by atoms with Crippen LogP contribution in [-0.4, -0.2) is 22.4 Å². The quantitative estimate of drug-likeness (QED) is 0.655. The van der Waals surface area contributed by atoms with Crippen molar-refractivity contribution in [3.8, 4) is 0 Å². The molecule has 1 aromatic carbocycles. The van der Waals surface area contributed by atoms with Crippen LogP contribution in [0.2, 0.25) is 0 Å². The van der Waals surface area contributed by atoms with Gasteiger partial charge in [-0.3, -0.25) is 4.79 Å². The van der Waals surface area contributed by atoms with Gasteiger partial charge in [0.05, 0.1) is 4.88 Å². The number of hydrogen-bond donors (Lipinski definition) is 1. The Bertz CT molecular complexity index is 1000. The third kappa shape index (κ3) is 3.32. The lowest BCUT2D eigenvalue weighted by molar-refractivity contribution is 0.0946. The van der Waals surface area contributed by atoms with Gasteiger partial charge < -0.3 is 5.32 Å². The third-order valence-corrected chi connectivity index (χ3v) is 7.26. The Kier molecular flexibility index (Phi) is 5.19. The highest BCUT2D eigenvalue weighted by molar-refractivity contribution is 7.20. The number of fused-ring (bicyclic) bond motifs is 1. The second-order valence-corrected chi connectivity index (χ2v) is 8.85. The summed E-state index contributed by atoms with van der Waals surface area (Å²) in [6, 6.07) is 10.7. The van der Waals surface area contributed by atoms with Crippen LogP contribution in [0, 0.1) is 13.8 Å². The lowest BCUT2D eigenvalue weighted by Gasteiger charge is -2.30. The number of hydrogen-bond acceptors (Lipinski definition) is 4. The highest BCUT2D eigenvalue weighted by Crippen LogP contribution is 2.40. The molecule has 3 aromatic rings. The molecule has 5 heteroatoms. The van der Waals surface area contributed by atoms with Crippen molar-refractivity contribution >= 4 is 27.5 Å². The van der Waals surface area contributed by atoms with Crippen molar-refractivity contribution in [2.75, 3.05) is 6.54 Å². The van der Waals surface area contributed by atoms with Gasteiger partial charge in [-0.25, -0.2) is 9.97 Å². The van der Waals surface area contributed by atoms with Gasteiger partial charge in [-0.05, 0) is 37.8 Å². The SMILES string of the molecule is CCc1nc(C)c2c(C)c(C(=O)NCC3(c4ccccc4)CCCC3)sc2n1. The van der Waals surface area contributed by atoms with Gasteiger partial charge in [0, 0.05) is 29.5 Å². The summed E-state index contributed by atoms with van der Waals surface area (Å²) < 4.78 is 0. The van der Waals surface area contributed by atoms with Crippen LogP contribution in [0.25, 0.3) is 10.2 Å². The fourth-order valence-electron chi connectivity index (χ4n) is 4.51. The van der Waals surface area contributed by atoms with Crippen LogP contribution in [0.5, 0.6) is 0 Å². The van der Waals surface area contributed by atoms with Gasteiger partial charge in [0.1, 0.15) is 10.7 Å². The van der Waals surface area contributed by atoms with E-state index in [4.69, 9.17) is 0 Å². The first-order valence-corrected chi connectivity index (χ1v) is 11.0. The fraction of sp³-hybridized carbons (Fsp3) is 0.435. The van der Waals surface area contributed by atoms with Crippen LogP contribution in [0.4, 0.5) is 0 Å². The fourth-order valence-corrected chi connectivity index (χ4v) is 5.68. The van der Waals surface area contributed by atoms with E-state index in [1.807, 2.05) is 13.8 Å². The Hall–Kier alpha value is -2.27. The van der Waals surface area contributed by atoms with Gasteiger partial charge in [0.2, 0.25) is 0 Å². The molecule has 0 unspecified atom stereocenters. The number of amides is 1. The largest absolute Gasteiger partial charge is 0.350 e. The molecule has 0 atom stereocenters. The summed E-state index contributed by atoms with van der Waals surface area (Å²) in [6.45, 7) is 6.76. The normalized spacial score (nSPS) is 15.8. The van der Waals surface area contributed by atoms with E-state index in [9.17, 15) is 4.79 Å². The molecular weight excluding hydrogens is 366 g/mol. The monoisotopic (exact) mass is 393 g/mol. The summed E-state index contributed by atoms with van der Waals surface area (Å²) in [4.78, 5) is 24.0. The van der Waals surface area contributed by atoms with Crippen molar-refractivity contribution in [2.24, 2.45) is 0 Å². The van der Waals surface area contributed by atoms with Crippen LogP contribution < -0.4 is 5.32 Å². The van der Waals surface area contributed by atoms with E-state index in [-0.39, 0.29) is 11.3 Å². The number of carbonyl (C=O) groups is 1. The summed E-state index contributed by atoms with van der Waals surface area (Å²) >= 11 is 1.49. The van der Waals surface area contributed by atoms with Crippen molar-refractivity contribution < 1.29 is 4.79 Å². The Morgan fingerprint density at radius 3 is 2.54 bits per heavy atom. The third-order valence-electron chi connectivity index (χ3n) is 6.07. The summed E-state index contributed by atoms with van der Waals surface area (Å²) in [7, 11) is 0. The molecule has 0 aliphatic heterocycles. The Balaban J connectivity index is 1.60. The molecule has 1 aliphatic rings. The van der Waals surface area contributed by atoms with Crippen molar-refractivity contribution in [3.63, 3.8) is 0 Å².